The van der Waals surface area contributed by atoms with Crippen molar-refractivity contribution < 1.29 is 18.9 Å². The van der Waals surface area contributed by atoms with Gasteiger partial charge in [-0.3, -0.25) is 19.7 Å². The van der Waals surface area contributed by atoms with E-state index in [4.69, 9.17) is 4.42 Å². The molecular formula is C18H16N4O5S. The first-order valence-corrected chi connectivity index (χ1v) is 9.11. The lowest BCUT2D eigenvalue weighted by molar-refractivity contribution is -0.385. The molecule has 144 valence electrons. The summed E-state index contributed by atoms with van der Waals surface area (Å²) in [5.74, 6) is 0.534. The van der Waals surface area contributed by atoms with Crippen LogP contribution in [0.2, 0.25) is 0 Å². The zero-order chi connectivity index (χ0) is 20.1. The molecule has 0 radical (unpaired) electrons. The van der Waals surface area contributed by atoms with E-state index in [9.17, 15) is 19.7 Å². The molecule has 2 heterocycles. The standard InChI is InChI=1S/C18H16N4O5S/c1-11(23)19-9-13-6-7-16(27-13)14-10-28-18(20-14)21-17(24)8-12-4-2-3-5-15(12)22(25)26/h2-7,10H,8-9H2,1H3,(H,19,23)(H,20,21,24). The number of benzene rings is 1. The Bertz CT molecular complexity index is 1030. The summed E-state index contributed by atoms with van der Waals surface area (Å²) in [6, 6.07) is 9.56. The van der Waals surface area contributed by atoms with Crippen LogP contribution in [0.25, 0.3) is 11.5 Å². The molecule has 28 heavy (non-hydrogen) atoms. The number of nitrogens with zero attached hydrogens (tertiary/aromatic N) is 2. The van der Waals surface area contributed by atoms with Crippen molar-refractivity contribution in [1.29, 1.82) is 0 Å². The number of nitrogens with one attached hydrogen (secondary N) is 2. The van der Waals surface area contributed by atoms with Gasteiger partial charge in [-0.15, -0.1) is 11.3 Å². The maximum absolute atomic E-state index is 12.2. The van der Waals surface area contributed by atoms with Crippen LogP contribution in [0, 0.1) is 10.1 Å². The smallest absolute Gasteiger partial charge is 0.273 e. The van der Waals surface area contributed by atoms with Crippen LogP contribution < -0.4 is 10.6 Å². The van der Waals surface area contributed by atoms with E-state index in [0.29, 0.717) is 27.9 Å². The van der Waals surface area contributed by atoms with E-state index in [-0.39, 0.29) is 24.6 Å². The first kappa shape index (κ1) is 19.2. The normalized spacial score (nSPS) is 10.5. The molecule has 0 saturated carbocycles. The highest BCUT2D eigenvalue weighted by Crippen LogP contribution is 2.27. The van der Waals surface area contributed by atoms with Gasteiger partial charge in [0.25, 0.3) is 5.69 Å². The van der Waals surface area contributed by atoms with E-state index in [1.54, 1.807) is 35.7 Å². The number of nitro groups is 1. The average molecular weight is 400 g/mol. The largest absolute Gasteiger partial charge is 0.458 e. The van der Waals surface area contributed by atoms with Crippen LogP contribution in [0.5, 0.6) is 0 Å². The predicted octanol–water partition coefficient (Wildman–Crippen LogP) is 3.13. The van der Waals surface area contributed by atoms with Gasteiger partial charge in [-0.2, -0.15) is 0 Å². The number of carbonyl (C=O) groups excluding carboxylic acids is 2. The summed E-state index contributed by atoms with van der Waals surface area (Å²) < 4.78 is 5.62. The number of nitro benzene ring substituents is 1. The Hall–Kier alpha value is -3.53. The number of furan rings is 1. The highest BCUT2D eigenvalue weighted by Gasteiger charge is 2.17. The molecule has 0 aliphatic rings. The van der Waals surface area contributed by atoms with Gasteiger partial charge in [0.15, 0.2) is 10.9 Å². The molecule has 0 atom stereocenters. The highest BCUT2D eigenvalue weighted by molar-refractivity contribution is 7.14. The molecule has 2 amide bonds. The molecule has 0 saturated heterocycles. The van der Waals surface area contributed by atoms with E-state index >= 15 is 0 Å². The van der Waals surface area contributed by atoms with Gasteiger partial charge in [-0.25, -0.2) is 4.98 Å². The summed E-state index contributed by atoms with van der Waals surface area (Å²) in [7, 11) is 0. The van der Waals surface area contributed by atoms with Gasteiger partial charge in [-0.1, -0.05) is 18.2 Å². The van der Waals surface area contributed by atoms with Gasteiger partial charge in [0.05, 0.1) is 17.9 Å². The minimum atomic E-state index is -0.514. The van der Waals surface area contributed by atoms with E-state index in [0.717, 1.165) is 0 Å². The fourth-order valence-electron chi connectivity index (χ4n) is 2.44. The molecule has 9 nitrogen and oxygen atoms in total. The fraction of sp³-hybridized carbons (Fsp3) is 0.167. The second-order valence-electron chi connectivity index (χ2n) is 5.82. The van der Waals surface area contributed by atoms with Gasteiger partial charge in [0.2, 0.25) is 11.8 Å². The van der Waals surface area contributed by atoms with Crippen LogP contribution in [0.1, 0.15) is 18.2 Å². The molecule has 10 heteroatoms. The number of aromatic nitrogens is 1. The van der Waals surface area contributed by atoms with Gasteiger partial charge < -0.3 is 15.1 Å². The molecule has 2 aromatic heterocycles. The van der Waals surface area contributed by atoms with Gasteiger partial charge in [-0.05, 0) is 12.1 Å². The highest BCUT2D eigenvalue weighted by atomic mass is 32.1. The summed E-state index contributed by atoms with van der Waals surface area (Å²) in [5, 5.41) is 18.4. The van der Waals surface area contributed by atoms with Crippen molar-refractivity contribution in [3.8, 4) is 11.5 Å². The molecule has 0 aliphatic carbocycles. The van der Waals surface area contributed by atoms with Crippen molar-refractivity contribution in [2.45, 2.75) is 19.9 Å². The summed E-state index contributed by atoms with van der Waals surface area (Å²) >= 11 is 1.21. The Morgan fingerprint density at radius 2 is 2.04 bits per heavy atom. The van der Waals surface area contributed by atoms with Crippen molar-refractivity contribution in [3.63, 3.8) is 0 Å². The second kappa shape index (κ2) is 8.44. The van der Waals surface area contributed by atoms with Crippen LogP contribution in [0.3, 0.4) is 0 Å². The number of rotatable bonds is 7. The van der Waals surface area contributed by atoms with Crippen molar-refractivity contribution in [1.82, 2.24) is 10.3 Å². The van der Waals surface area contributed by atoms with Crippen LogP contribution in [0.4, 0.5) is 10.8 Å². The third kappa shape index (κ3) is 4.80. The molecule has 0 spiro atoms. The SMILES string of the molecule is CC(=O)NCc1ccc(-c2csc(NC(=O)Cc3ccccc3[N+](=O)[O-])n2)o1. The van der Waals surface area contributed by atoms with E-state index in [2.05, 4.69) is 15.6 Å². The molecule has 3 rings (SSSR count). The minimum Gasteiger partial charge on any atom is -0.458 e. The molecular weight excluding hydrogens is 384 g/mol. The van der Waals surface area contributed by atoms with Crippen LogP contribution in [-0.2, 0) is 22.6 Å². The number of thiazole rings is 1. The quantitative estimate of drug-likeness (QED) is 0.463. The van der Waals surface area contributed by atoms with E-state index in [1.165, 1.54) is 24.3 Å². The Balaban J connectivity index is 1.64. The van der Waals surface area contributed by atoms with Crippen LogP contribution in [-0.4, -0.2) is 21.7 Å². The minimum absolute atomic E-state index is 0.0974. The Labute approximate surface area is 163 Å². The molecule has 0 bridgehead atoms. The second-order valence-corrected chi connectivity index (χ2v) is 6.68. The summed E-state index contributed by atoms with van der Waals surface area (Å²) in [4.78, 5) is 38.0. The third-order valence-corrected chi connectivity index (χ3v) is 4.47. The summed E-state index contributed by atoms with van der Waals surface area (Å²) in [6.07, 6.45) is -0.131. The summed E-state index contributed by atoms with van der Waals surface area (Å²) in [6.45, 7) is 1.70. The number of carbonyl (C=O) groups is 2. The first-order chi connectivity index (χ1) is 13.4. The number of para-hydroxylation sites is 1. The zero-order valence-electron chi connectivity index (χ0n) is 14.8. The third-order valence-electron chi connectivity index (χ3n) is 3.72. The number of anilines is 1. The van der Waals surface area contributed by atoms with Gasteiger partial charge in [0.1, 0.15) is 11.5 Å². The van der Waals surface area contributed by atoms with Crippen molar-refractivity contribution in [2.24, 2.45) is 0 Å². The molecule has 3 aromatic rings. The number of hydrogen-bond acceptors (Lipinski definition) is 7. The molecule has 2 N–H and O–H groups in total. The lowest BCUT2D eigenvalue weighted by atomic mass is 10.1. The van der Waals surface area contributed by atoms with E-state index < -0.39 is 10.8 Å². The van der Waals surface area contributed by atoms with Crippen molar-refractivity contribution in [3.05, 3.63) is 63.2 Å². The van der Waals surface area contributed by atoms with Crippen molar-refractivity contribution in [2.75, 3.05) is 5.32 Å². The Kier molecular flexibility index (Phi) is 5.80. The number of amides is 2. The average Bonchev–Trinajstić information content (AvgIpc) is 3.29. The van der Waals surface area contributed by atoms with Crippen molar-refractivity contribution >= 4 is 34.0 Å². The maximum Gasteiger partial charge on any atom is 0.273 e. The van der Waals surface area contributed by atoms with Gasteiger partial charge >= 0.3 is 0 Å². The maximum atomic E-state index is 12.2. The Morgan fingerprint density at radius 3 is 2.79 bits per heavy atom. The Morgan fingerprint density at radius 1 is 1.25 bits per heavy atom. The van der Waals surface area contributed by atoms with Crippen LogP contribution in [0.15, 0.2) is 46.2 Å². The monoisotopic (exact) mass is 400 g/mol. The molecule has 0 aliphatic heterocycles. The first-order valence-electron chi connectivity index (χ1n) is 8.23. The predicted molar refractivity (Wildman–Crippen MR) is 103 cm³/mol. The number of hydrogen-bond donors (Lipinski definition) is 2. The molecule has 0 unspecified atom stereocenters. The van der Waals surface area contributed by atoms with Crippen LogP contribution >= 0.6 is 11.3 Å². The van der Waals surface area contributed by atoms with Gasteiger partial charge in [0, 0.05) is 23.9 Å². The fourth-order valence-corrected chi connectivity index (χ4v) is 3.16. The van der Waals surface area contributed by atoms with E-state index in [1.807, 2.05) is 0 Å². The topological polar surface area (TPSA) is 127 Å². The molecule has 0 fully saturated rings. The molecule has 1 aromatic carbocycles. The zero-order valence-corrected chi connectivity index (χ0v) is 15.6. The lowest BCUT2D eigenvalue weighted by Crippen LogP contribution is -2.18. The lowest BCUT2D eigenvalue weighted by Gasteiger charge is -2.03. The summed E-state index contributed by atoms with van der Waals surface area (Å²) in [5.41, 5.74) is 0.773.